The predicted octanol–water partition coefficient (Wildman–Crippen LogP) is 21.2. The zero-order chi connectivity index (χ0) is 51.4. The molecule has 0 saturated carbocycles. The quantitative estimate of drug-likeness (QED) is 0.0261. The van der Waals surface area contributed by atoms with Gasteiger partial charge in [0.1, 0.15) is 13.2 Å². The fourth-order valence-electron chi connectivity index (χ4n) is 9.30. The third kappa shape index (κ3) is 58.4. The molecule has 0 amide bonds. The van der Waals surface area contributed by atoms with Crippen LogP contribution in [0.3, 0.4) is 0 Å². The van der Waals surface area contributed by atoms with Crippen molar-refractivity contribution in [2.75, 3.05) is 13.2 Å². The topological polar surface area (TPSA) is 78.9 Å². The van der Waals surface area contributed by atoms with Crippen molar-refractivity contribution in [2.45, 2.75) is 348 Å². The second kappa shape index (κ2) is 60.2. The lowest BCUT2D eigenvalue weighted by atomic mass is 10.1. The molecule has 0 spiro atoms. The van der Waals surface area contributed by atoms with Gasteiger partial charge in [0.15, 0.2) is 6.10 Å². The van der Waals surface area contributed by atoms with E-state index in [-0.39, 0.29) is 31.1 Å². The molecular formula is C65H120O6. The lowest BCUT2D eigenvalue weighted by Gasteiger charge is -2.18. The number of hydrogen-bond donors (Lipinski definition) is 0. The molecular weight excluding hydrogens is 877 g/mol. The Balaban J connectivity index is 4.26. The van der Waals surface area contributed by atoms with E-state index in [4.69, 9.17) is 14.2 Å². The largest absolute Gasteiger partial charge is 0.462 e. The molecule has 1 unspecified atom stereocenters. The predicted molar refractivity (Wildman–Crippen MR) is 307 cm³/mol. The molecule has 0 aliphatic carbocycles. The van der Waals surface area contributed by atoms with E-state index in [2.05, 4.69) is 57.2 Å². The summed E-state index contributed by atoms with van der Waals surface area (Å²) in [5.41, 5.74) is 0. The maximum atomic E-state index is 12.9. The highest BCUT2D eigenvalue weighted by Crippen LogP contribution is 2.17. The first kappa shape index (κ1) is 68.6. The van der Waals surface area contributed by atoms with Crippen molar-refractivity contribution in [3.8, 4) is 0 Å². The average molecular weight is 998 g/mol. The SMILES string of the molecule is CCCC/C=C\CCCCCCCC(=O)OCC(COC(=O)CCCCCCCCCCC/C=C\CCCCCCCCCC)OC(=O)CCCCCCCCCCC/C=C\CCCCCCCCCC. The molecule has 0 aliphatic rings. The second-order valence-corrected chi connectivity index (χ2v) is 21.3. The van der Waals surface area contributed by atoms with E-state index in [0.717, 1.165) is 64.2 Å². The van der Waals surface area contributed by atoms with Gasteiger partial charge in [-0.05, 0) is 89.9 Å². The van der Waals surface area contributed by atoms with Crippen molar-refractivity contribution in [1.82, 2.24) is 0 Å². The summed E-state index contributed by atoms with van der Waals surface area (Å²) in [5.74, 6) is -0.869. The monoisotopic (exact) mass is 997 g/mol. The molecule has 0 saturated heterocycles. The maximum absolute atomic E-state index is 12.9. The van der Waals surface area contributed by atoms with Crippen LogP contribution in [0.2, 0.25) is 0 Å². The van der Waals surface area contributed by atoms with Crippen LogP contribution in [-0.2, 0) is 28.6 Å². The zero-order valence-corrected chi connectivity index (χ0v) is 47.8. The van der Waals surface area contributed by atoms with E-state index >= 15 is 0 Å². The van der Waals surface area contributed by atoms with Gasteiger partial charge in [-0.2, -0.15) is 0 Å². The van der Waals surface area contributed by atoms with Gasteiger partial charge in [0.05, 0.1) is 0 Å². The van der Waals surface area contributed by atoms with Gasteiger partial charge >= 0.3 is 17.9 Å². The Hall–Kier alpha value is -2.37. The molecule has 416 valence electrons. The summed E-state index contributed by atoms with van der Waals surface area (Å²) in [4.78, 5) is 38.2. The number of rotatable bonds is 58. The average Bonchev–Trinajstić information content (AvgIpc) is 3.37. The summed E-state index contributed by atoms with van der Waals surface area (Å²) < 4.78 is 16.9. The Kier molecular flexibility index (Phi) is 58.2. The third-order valence-electron chi connectivity index (χ3n) is 14.1. The number of hydrogen-bond acceptors (Lipinski definition) is 6. The van der Waals surface area contributed by atoms with Crippen molar-refractivity contribution in [3.63, 3.8) is 0 Å². The Morgan fingerprint density at radius 2 is 0.479 bits per heavy atom. The number of esters is 3. The summed E-state index contributed by atoms with van der Waals surface area (Å²) in [7, 11) is 0. The van der Waals surface area contributed by atoms with Gasteiger partial charge in [-0.1, -0.05) is 269 Å². The van der Waals surface area contributed by atoms with Crippen LogP contribution in [0, 0.1) is 0 Å². The number of carbonyl (C=O) groups is 3. The van der Waals surface area contributed by atoms with Gasteiger partial charge in [0.25, 0.3) is 0 Å². The normalized spacial score (nSPS) is 12.2. The molecule has 0 radical (unpaired) electrons. The molecule has 0 bridgehead atoms. The van der Waals surface area contributed by atoms with Crippen molar-refractivity contribution < 1.29 is 28.6 Å². The van der Waals surface area contributed by atoms with Crippen molar-refractivity contribution in [3.05, 3.63) is 36.5 Å². The van der Waals surface area contributed by atoms with Crippen LogP contribution < -0.4 is 0 Å². The highest BCUT2D eigenvalue weighted by Gasteiger charge is 2.19. The van der Waals surface area contributed by atoms with Gasteiger partial charge in [-0.15, -0.1) is 0 Å². The minimum absolute atomic E-state index is 0.0740. The first-order valence-electron chi connectivity index (χ1n) is 31.5. The Morgan fingerprint density at radius 1 is 0.268 bits per heavy atom. The van der Waals surface area contributed by atoms with E-state index in [1.807, 2.05) is 0 Å². The molecule has 0 fully saturated rings. The van der Waals surface area contributed by atoms with E-state index in [9.17, 15) is 14.4 Å². The number of allylic oxidation sites excluding steroid dienone is 6. The van der Waals surface area contributed by atoms with E-state index < -0.39 is 6.10 Å². The number of unbranched alkanes of at least 4 members (excludes halogenated alkanes) is 41. The zero-order valence-electron chi connectivity index (χ0n) is 47.8. The number of carbonyl (C=O) groups excluding carboxylic acids is 3. The van der Waals surface area contributed by atoms with Crippen molar-refractivity contribution in [1.29, 1.82) is 0 Å². The molecule has 0 aromatic heterocycles. The molecule has 0 rings (SSSR count). The summed E-state index contributed by atoms with van der Waals surface area (Å²) in [5, 5.41) is 0. The van der Waals surface area contributed by atoms with Crippen LogP contribution in [0.5, 0.6) is 0 Å². The fraction of sp³-hybridized carbons (Fsp3) is 0.862. The van der Waals surface area contributed by atoms with Crippen LogP contribution in [0.15, 0.2) is 36.5 Å². The fourth-order valence-corrected chi connectivity index (χ4v) is 9.30. The van der Waals surface area contributed by atoms with Gasteiger partial charge in [-0.25, -0.2) is 0 Å². The summed E-state index contributed by atoms with van der Waals surface area (Å²) in [6.07, 6.45) is 73.0. The Labute approximate surface area is 442 Å². The first-order chi connectivity index (χ1) is 35.0. The molecule has 0 aromatic carbocycles. The smallest absolute Gasteiger partial charge is 0.306 e. The van der Waals surface area contributed by atoms with Crippen LogP contribution in [0.25, 0.3) is 0 Å². The Morgan fingerprint density at radius 3 is 0.746 bits per heavy atom. The minimum atomic E-state index is -0.776. The highest BCUT2D eigenvalue weighted by molar-refractivity contribution is 5.71. The second-order valence-electron chi connectivity index (χ2n) is 21.3. The molecule has 6 nitrogen and oxygen atoms in total. The molecule has 71 heavy (non-hydrogen) atoms. The van der Waals surface area contributed by atoms with Crippen LogP contribution in [0.4, 0.5) is 0 Å². The molecule has 1 atom stereocenters. The summed E-state index contributed by atoms with van der Waals surface area (Å²) in [6.45, 7) is 6.64. The summed E-state index contributed by atoms with van der Waals surface area (Å²) in [6, 6.07) is 0. The van der Waals surface area contributed by atoms with Gasteiger partial charge in [0.2, 0.25) is 0 Å². The third-order valence-corrected chi connectivity index (χ3v) is 14.1. The molecule has 0 aromatic rings. The van der Waals surface area contributed by atoms with Crippen LogP contribution >= 0.6 is 0 Å². The highest BCUT2D eigenvalue weighted by atomic mass is 16.6. The molecule has 6 heteroatoms. The van der Waals surface area contributed by atoms with Crippen LogP contribution in [-0.4, -0.2) is 37.2 Å². The minimum Gasteiger partial charge on any atom is -0.462 e. The van der Waals surface area contributed by atoms with Gasteiger partial charge < -0.3 is 14.2 Å². The number of ether oxygens (including phenoxy) is 3. The Bertz CT molecular complexity index is 1190. The molecule has 0 aliphatic heterocycles. The summed E-state index contributed by atoms with van der Waals surface area (Å²) >= 11 is 0. The maximum Gasteiger partial charge on any atom is 0.306 e. The van der Waals surface area contributed by atoms with Crippen LogP contribution in [0.1, 0.15) is 342 Å². The van der Waals surface area contributed by atoms with Gasteiger partial charge in [-0.3, -0.25) is 14.4 Å². The lowest BCUT2D eigenvalue weighted by Crippen LogP contribution is -2.30. The standard InChI is InChI=1S/C65H120O6/c1-4-7-10-13-16-19-22-24-26-28-30-32-34-36-38-40-43-46-49-52-55-58-64(67)70-61-62(60-69-63(66)57-54-51-48-45-42-21-18-15-12-9-6-3)71-65(68)59-56-53-50-47-44-41-39-37-35-33-31-29-27-25-23-20-17-14-11-8-5-2/h15,18,28-31,62H,4-14,16-17,19-27,32-61H2,1-3H3/b18-15-,30-28-,31-29-. The van der Waals surface area contributed by atoms with Crippen molar-refractivity contribution in [2.24, 2.45) is 0 Å². The van der Waals surface area contributed by atoms with Gasteiger partial charge in [0, 0.05) is 19.3 Å². The molecule has 0 heterocycles. The first-order valence-corrected chi connectivity index (χ1v) is 31.5. The van der Waals surface area contributed by atoms with E-state index in [1.165, 1.54) is 238 Å². The molecule has 0 N–H and O–H groups in total. The van der Waals surface area contributed by atoms with E-state index in [0.29, 0.717) is 19.3 Å². The van der Waals surface area contributed by atoms with Crippen molar-refractivity contribution >= 4 is 17.9 Å². The lowest BCUT2D eigenvalue weighted by molar-refractivity contribution is -0.167. The van der Waals surface area contributed by atoms with E-state index in [1.54, 1.807) is 0 Å².